The zero-order valence-corrected chi connectivity index (χ0v) is 15.7. The van der Waals surface area contributed by atoms with Crippen molar-refractivity contribution in [3.05, 3.63) is 27.4 Å². The maximum Gasteiger partial charge on any atom is 0.256 e. The standard InChI is InChI=1S/C19H26N4O4/c1-27-11-16(24)22-9-7-14-13(10-22)18(25)21-17(20-14)15-4-2-3-8-23(15)19(26)12-5-6-12/h12,15H,2-11H2,1H3,(H,20,21,25). The minimum Gasteiger partial charge on any atom is -0.375 e. The van der Waals surface area contributed by atoms with Gasteiger partial charge in [0, 0.05) is 32.5 Å². The van der Waals surface area contributed by atoms with Gasteiger partial charge in [-0.25, -0.2) is 4.98 Å². The Morgan fingerprint density at radius 3 is 2.78 bits per heavy atom. The number of rotatable bonds is 4. The van der Waals surface area contributed by atoms with Crippen LogP contribution >= 0.6 is 0 Å². The number of carbonyl (C=O) groups excluding carboxylic acids is 2. The molecule has 1 aromatic rings. The number of aromatic nitrogens is 2. The summed E-state index contributed by atoms with van der Waals surface area (Å²) in [4.78, 5) is 48.6. The van der Waals surface area contributed by atoms with E-state index in [9.17, 15) is 14.4 Å². The van der Waals surface area contributed by atoms with Gasteiger partial charge >= 0.3 is 0 Å². The SMILES string of the molecule is COCC(=O)N1CCc2nc(C3CCCCN3C(=O)C3CC3)[nH]c(=O)c2C1. The Morgan fingerprint density at radius 2 is 2.04 bits per heavy atom. The van der Waals surface area contributed by atoms with Crippen LogP contribution in [0.5, 0.6) is 0 Å². The molecule has 1 aromatic heterocycles. The van der Waals surface area contributed by atoms with Crippen molar-refractivity contribution >= 4 is 11.8 Å². The first-order valence-corrected chi connectivity index (χ1v) is 9.77. The van der Waals surface area contributed by atoms with E-state index in [1.807, 2.05) is 4.90 Å². The largest absolute Gasteiger partial charge is 0.375 e. The summed E-state index contributed by atoms with van der Waals surface area (Å²) in [6.45, 7) is 1.54. The van der Waals surface area contributed by atoms with E-state index < -0.39 is 0 Å². The molecule has 146 valence electrons. The molecule has 1 saturated carbocycles. The Morgan fingerprint density at radius 1 is 1.22 bits per heavy atom. The lowest BCUT2D eigenvalue weighted by Crippen LogP contribution is -2.43. The lowest BCUT2D eigenvalue weighted by molar-refractivity contribution is -0.137. The van der Waals surface area contributed by atoms with Crippen molar-refractivity contribution in [3.8, 4) is 0 Å². The first-order chi connectivity index (χ1) is 13.1. The summed E-state index contributed by atoms with van der Waals surface area (Å²) in [7, 11) is 1.48. The Bertz CT molecular complexity index is 801. The average Bonchev–Trinajstić information content (AvgIpc) is 3.52. The number of hydrogen-bond donors (Lipinski definition) is 1. The van der Waals surface area contributed by atoms with Crippen LogP contribution in [0.3, 0.4) is 0 Å². The second kappa shape index (κ2) is 7.42. The second-order valence-electron chi connectivity index (χ2n) is 7.69. The van der Waals surface area contributed by atoms with Crippen LogP contribution in [0.25, 0.3) is 0 Å². The fraction of sp³-hybridized carbons (Fsp3) is 0.684. The summed E-state index contributed by atoms with van der Waals surface area (Å²) in [5, 5.41) is 0. The fourth-order valence-electron chi connectivity index (χ4n) is 4.07. The van der Waals surface area contributed by atoms with E-state index in [0.717, 1.165) is 44.3 Å². The molecule has 2 aliphatic heterocycles. The van der Waals surface area contributed by atoms with Gasteiger partial charge in [-0.2, -0.15) is 0 Å². The Kier molecular flexibility index (Phi) is 4.99. The van der Waals surface area contributed by atoms with Crippen molar-refractivity contribution in [1.29, 1.82) is 0 Å². The molecule has 1 N–H and O–H groups in total. The number of H-pyrrole nitrogens is 1. The molecule has 0 aromatic carbocycles. The van der Waals surface area contributed by atoms with Gasteiger partial charge in [-0.15, -0.1) is 0 Å². The monoisotopic (exact) mass is 374 g/mol. The van der Waals surface area contributed by atoms with Crippen LogP contribution in [0.4, 0.5) is 0 Å². The molecule has 1 saturated heterocycles. The van der Waals surface area contributed by atoms with Gasteiger partial charge in [0.15, 0.2) is 0 Å². The third-order valence-corrected chi connectivity index (χ3v) is 5.74. The highest BCUT2D eigenvalue weighted by Crippen LogP contribution is 2.37. The van der Waals surface area contributed by atoms with Crippen molar-refractivity contribution in [1.82, 2.24) is 19.8 Å². The van der Waals surface area contributed by atoms with Crippen molar-refractivity contribution < 1.29 is 14.3 Å². The maximum absolute atomic E-state index is 12.7. The van der Waals surface area contributed by atoms with Gasteiger partial charge in [0.1, 0.15) is 12.4 Å². The van der Waals surface area contributed by atoms with Crippen LogP contribution in [-0.4, -0.2) is 58.4 Å². The lowest BCUT2D eigenvalue weighted by Gasteiger charge is -2.36. The zero-order chi connectivity index (χ0) is 19.0. The molecule has 1 unspecified atom stereocenters. The van der Waals surface area contributed by atoms with E-state index in [1.165, 1.54) is 7.11 Å². The van der Waals surface area contributed by atoms with Crippen LogP contribution in [0.2, 0.25) is 0 Å². The minimum atomic E-state index is -0.200. The highest BCUT2D eigenvalue weighted by molar-refractivity contribution is 5.81. The van der Waals surface area contributed by atoms with E-state index in [2.05, 4.69) is 4.98 Å². The first-order valence-electron chi connectivity index (χ1n) is 9.77. The molecule has 8 nitrogen and oxygen atoms in total. The van der Waals surface area contributed by atoms with Crippen LogP contribution in [0.1, 0.15) is 55.2 Å². The van der Waals surface area contributed by atoms with E-state index in [0.29, 0.717) is 24.4 Å². The van der Waals surface area contributed by atoms with Crippen LogP contribution < -0.4 is 5.56 Å². The summed E-state index contributed by atoms with van der Waals surface area (Å²) in [5.74, 6) is 0.843. The Balaban J connectivity index is 1.58. The highest BCUT2D eigenvalue weighted by atomic mass is 16.5. The fourth-order valence-corrected chi connectivity index (χ4v) is 4.07. The minimum absolute atomic E-state index is 0.0130. The predicted octanol–water partition coefficient (Wildman–Crippen LogP) is 0.765. The summed E-state index contributed by atoms with van der Waals surface area (Å²) in [6.07, 6.45) is 5.35. The van der Waals surface area contributed by atoms with E-state index in [4.69, 9.17) is 9.72 Å². The molecule has 3 heterocycles. The number of amides is 2. The molecule has 2 amide bonds. The van der Waals surface area contributed by atoms with Gasteiger partial charge in [-0.3, -0.25) is 14.4 Å². The lowest BCUT2D eigenvalue weighted by atomic mass is 9.99. The molecule has 8 heteroatoms. The normalized spacial score (nSPS) is 22.5. The summed E-state index contributed by atoms with van der Waals surface area (Å²) < 4.78 is 4.90. The third-order valence-electron chi connectivity index (χ3n) is 5.74. The molecular formula is C19H26N4O4. The number of aromatic amines is 1. The average molecular weight is 374 g/mol. The van der Waals surface area contributed by atoms with Gasteiger partial charge in [0.05, 0.1) is 23.8 Å². The van der Waals surface area contributed by atoms with Gasteiger partial charge in [0.25, 0.3) is 5.56 Å². The van der Waals surface area contributed by atoms with E-state index >= 15 is 0 Å². The topological polar surface area (TPSA) is 95.6 Å². The molecule has 0 radical (unpaired) electrons. The quantitative estimate of drug-likeness (QED) is 0.840. The molecule has 0 spiro atoms. The third kappa shape index (κ3) is 3.63. The molecule has 1 atom stereocenters. The Hall–Kier alpha value is -2.22. The van der Waals surface area contributed by atoms with Gasteiger partial charge in [-0.1, -0.05) is 0 Å². The van der Waals surface area contributed by atoms with Gasteiger partial charge in [0.2, 0.25) is 11.8 Å². The van der Waals surface area contributed by atoms with Crippen LogP contribution in [0, 0.1) is 5.92 Å². The van der Waals surface area contributed by atoms with Crippen molar-refractivity contribution in [2.75, 3.05) is 26.8 Å². The molecular weight excluding hydrogens is 348 g/mol. The molecule has 1 aliphatic carbocycles. The second-order valence-corrected chi connectivity index (χ2v) is 7.69. The smallest absolute Gasteiger partial charge is 0.256 e. The van der Waals surface area contributed by atoms with E-state index in [1.54, 1.807) is 4.90 Å². The Labute approximate surface area is 157 Å². The summed E-state index contributed by atoms with van der Waals surface area (Å²) in [6, 6.07) is -0.141. The number of fused-ring (bicyclic) bond motifs is 1. The van der Waals surface area contributed by atoms with Gasteiger partial charge in [-0.05, 0) is 32.1 Å². The number of ether oxygens (including phenoxy) is 1. The number of piperidine rings is 1. The molecule has 3 aliphatic rings. The van der Waals surface area contributed by atoms with Crippen molar-refractivity contribution in [2.45, 2.75) is 51.1 Å². The number of nitrogens with one attached hydrogen (secondary N) is 1. The zero-order valence-electron chi connectivity index (χ0n) is 15.7. The predicted molar refractivity (Wildman–Crippen MR) is 96.9 cm³/mol. The highest BCUT2D eigenvalue weighted by Gasteiger charge is 2.39. The van der Waals surface area contributed by atoms with Crippen LogP contribution in [0.15, 0.2) is 4.79 Å². The maximum atomic E-state index is 12.7. The number of hydrogen-bond acceptors (Lipinski definition) is 5. The first kappa shape index (κ1) is 18.2. The number of carbonyl (C=O) groups is 2. The summed E-state index contributed by atoms with van der Waals surface area (Å²) >= 11 is 0. The number of nitrogens with zero attached hydrogens (tertiary/aromatic N) is 3. The van der Waals surface area contributed by atoms with Crippen LogP contribution in [-0.2, 0) is 27.3 Å². The molecule has 27 heavy (non-hydrogen) atoms. The number of methoxy groups -OCH3 is 1. The molecule has 4 rings (SSSR count). The van der Waals surface area contributed by atoms with E-state index in [-0.39, 0.29) is 42.5 Å². The van der Waals surface area contributed by atoms with Crippen molar-refractivity contribution in [3.63, 3.8) is 0 Å². The van der Waals surface area contributed by atoms with Gasteiger partial charge < -0.3 is 19.5 Å². The van der Waals surface area contributed by atoms with Crippen molar-refractivity contribution in [2.24, 2.45) is 5.92 Å². The molecule has 0 bridgehead atoms. The summed E-state index contributed by atoms with van der Waals surface area (Å²) in [5.41, 5.74) is 1.10. The number of likely N-dealkylation sites (tertiary alicyclic amines) is 1. The molecule has 2 fully saturated rings.